The maximum Gasteiger partial charge on any atom is 0.289 e. The van der Waals surface area contributed by atoms with Crippen molar-refractivity contribution in [3.05, 3.63) is 134 Å². The lowest BCUT2D eigenvalue weighted by molar-refractivity contribution is -0.394. The summed E-state index contributed by atoms with van der Waals surface area (Å²) in [5.74, 6) is -1.11. The number of para-hydroxylation sites is 2. The molecule has 0 heterocycles. The Balaban J connectivity index is 1.58. The number of nitrogens with zero attached hydrogens (tertiary/aromatic N) is 3. The van der Waals surface area contributed by atoms with Crippen LogP contribution in [0, 0.1) is 20.2 Å². The molecular formula is C26H18N4O6. The van der Waals surface area contributed by atoms with Crippen LogP contribution in [0.4, 0.5) is 28.4 Å². The van der Waals surface area contributed by atoms with Gasteiger partial charge in [-0.25, -0.2) is 0 Å². The van der Waals surface area contributed by atoms with Crippen LogP contribution in [0.1, 0.15) is 20.7 Å². The summed E-state index contributed by atoms with van der Waals surface area (Å²) in [5.41, 5.74) is 0.479. The minimum atomic E-state index is -0.856. The summed E-state index contributed by atoms with van der Waals surface area (Å²) in [6, 6.07) is 27.1. The van der Waals surface area contributed by atoms with Crippen molar-refractivity contribution in [2.45, 2.75) is 0 Å². The second kappa shape index (κ2) is 10.3. The quantitative estimate of drug-likeness (QED) is 0.264. The first-order chi connectivity index (χ1) is 17.3. The highest BCUT2D eigenvalue weighted by Gasteiger charge is 2.24. The average Bonchev–Trinajstić information content (AvgIpc) is 2.90. The Labute approximate surface area is 204 Å². The van der Waals surface area contributed by atoms with Crippen LogP contribution in [0.15, 0.2) is 103 Å². The SMILES string of the molecule is O=C(Nc1ccc(C(=O)N(c2ccccc2)c2ccccc2)cc1)c1ccc([N+](=O)[O-])cc1[N+](=O)[O-]. The molecule has 0 aliphatic rings. The van der Waals surface area contributed by atoms with Gasteiger partial charge in [-0.2, -0.15) is 0 Å². The van der Waals surface area contributed by atoms with Crippen molar-refractivity contribution < 1.29 is 19.4 Å². The van der Waals surface area contributed by atoms with Gasteiger partial charge in [0.25, 0.3) is 23.2 Å². The first-order valence-corrected chi connectivity index (χ1v) is 10.6. The molecule has 0 aliphatic carbocycles. The predicted octanol–water partition coefficient (Wildman–Crippen LogP) is 5.73. The van der Waals surface area contributed by atoms with Gasteiger partial charge in [-0.05, 0) is 54.6 Å². The predicted molar refractivity (Wildman–Crippen MR) is 133 cm³/mol. The number of nitro groups is 2. The van der Waals surface area contributed by atoms with Gasteiger partial charge in [0.05, 0.1) is 15.9 Å². The van der Waals surface area contributed by atoms with E-state index in [1.54, 1.807) is 4.90 Å². The zero-order chi connectivity index (χ0) is 25.7. The van der Waals surface area contributed by atoms with Crippen molar-refractivity contribution >= 4 is 40.3 Å². The van der Waals surface area contributed by atoms with Gasteiger partial charge in [0.1, 0.15) is 5.56 Å². The lowest BCUT2D eigenvalue weighted by Crippen LogP contribution is -2.25. The number of nitro benzene ring substituents is 2. The van der Waals surface area contributed by atoms with Crippen LogP contribution in [0.2, 0.25) is 0 Å². The highest BCUT2D eigenvalue weighted by molar-refractivity contribution is 6.11. The standard InChI is InChI=1S/C26H18N4O6/c31-25(23-16-15-22(29(33)34)17-24(23)30(35)36)27-19-13-11-18(12-14-19)26(32)28(20-7-3-1-4-8-20)21-9-5-2-6-10-21/h1-17H,(H,27,31). The number of amides is 2. The monoisotopic (exact) mass is 482 g/mol. The Morgan fingerprint density at radius 1 is 0.694 bits per heavy atom. The zero-order valence-electron chi connectivity index (χ0n) is 18.6. The Morgan fingerprint density at radius 3 is 1.75 bits per heavy atom. The van der Waals surface area contributed by atoms with Gasteiger partial charge in [-0.15, -0.1) is 0 Å². The van der Waals surface area contributed by atoms with Crippen molar-refractivity contribution in [1.82, 2.24) is 0 Å². The molecule has 10 nitrogen and oxygen atoms in total. The summed E-state index contributed by atoms with van der Waals surface area (Å²) in [4.78, 5) is 48.2. The molecule has 0 aromatic heterocycles. The number of carbonyl (C=O) groups is 2. The van der Waals surface area contributed by atoms with Gasteiger partial charge in [0.2, 0.25) is 0 Å². The van der Waals surface area contributed by atoms with Gasteiger partial charge in [-0.3, -0.25) is 34.7 Å². The molecule has 0 unspecified atom stereocenters. The second-order valence-electron chi connectivity index (χ2n) is 7.56. The van der Waals surface area contributed by atoms with Crippen molar-refractivity contribution in [2.75, 3.05) is 10.2 Å². The third-order valence-corrected chi connectivity index (χ3v) is 5.26. The number of non-ortho nitro benzene ring substituents is 1. The number of anilines is 3. The maximum atomic E-state index is 13.4. The number of rotatable bonds is 7. The number of benzene rings is 4. The number of carbonyl (C=O) groups excluding carboxylic acids is 2. The van der Waals surface area contributed by atoms with Crippen LogP contribution >= 0.6 is 0 Å². The minimum Gasteiger partial charge on any atom is -0.322 e. The first kappa shape index (κ1) is 23.8. The molecule has 4 rings (SSSR count). The highest BCUT2D eigenvalue weighted by atomic mass is 16.6. The fourth-order valence-electron chi connectivity index (χ4n) is 3.54. The van der Waals surface area contributed by atoms with Gasteiger partial charge in [-0.1, -0.05) is 36.4 Å². The first-order valence-electron chi connectivity index (χ1n) is 10.6. The Bertz CT molecular complexity index is 1400. The Morgan fingerprint density at radius 2 is 1.25 bits per heavy atom. The molecule has 0 bridgehead atoms. The van der Waals surface area contributed by atoms with Crippen LogP contribution in [-0.4, -0.2) is 21.7 Å². The molecule has 0 saturated carbocycles. The number of nitrogens with one attached hydrogen (secondary N) is 1. The number of hydrogen-bond donors (Lipinski definition) is 1. The summed E-state index contributed by atoms with van der Waals surface area (Å²) in [6.07, 6.45) is 0. The fraction of sp³-hybridized carbons (Fsp3) is 0. The molecule has 0 saturated heterocycles. The molecule has 0 fully saturated rings. The highest BCUT2D eigenvalue weighted by Crippen LogP contribution is 2.28. The van der Waals surface area contributed by atoms with E-state index in [1.807, 2.05) is 60.7 Å². The van der Waals surface area contributed by atoms with Crippen molar-refractivity contribution in [1.29, 1.82) is 0 Å². The molecule has 0 spiro atoms. The van der Waals surface area contributed by atoms with Crippen molar-refractivity contribution in [2.24, 2.45) is 0 Å². The van der Waals surface area contributed by atoms with Gasteiger partial charge in [0.15, 0.2) is 0 Å². The van der Waals surface area contributed by atoms with E-state index in [1.165, 1.54) is 24.3 Å². The van der Waals surface area contributed by atoms with Gasteiger partial charge < -0.3 is 5.32 Å². The normalized spacial score (nSPS) is 10.3. The largest absolute Gasteiger partial charge is 0.322 e. The minimum absolute atomic E-state index is 0.287. The Hall–Kier alpha value is -5.38. The molecule has 178 valence electrons. The molecule has 2 amide bonds. The average molecular weight is 482 g/mol. The van der Waals surface area contributed by atoms with E-state index in [-0.39, 0.29) is 17.2 Å². The van der Waals surface area contributed by atoms with Crippen LogP contribution in [-0.2, 0) is 0 Å². The summed E-state index contributed by atoms with van der Waals surface area (Å²) in [5, 5.41) is 24.8. The summed E-state index contributed by atoms with van der Waals surface area (Å²) in [6.45, 7) is 0. The topological polar surface area (TPSA) is 136 Å². The molecule has 0 aliphatic heterocycles. The molecule has 4 aromatic carbocycles. The van der Waals surface area contributed by atoms with Crippen LogP contribution in [0.25, 0.3) is 0 Å². The van der Waals surface area contributed by atoms with E-state index in [2.05, 4.69) is 5.32 Å². The van der Waals surface area contributed by atoms with Crippen LogP contribution in [0.5, 0.6) is 0 Å². The molecule has 0 radical (unpaired) electrons. The number of hydrogen-bond acceptors (Lipinski definition) is 6. The fourth-order valence-corrected chi connectivity index (χ4v) is 3.54. The summed E-state index contributed by atoms with van der Waals surface area (Å²) < 4.78 is 0. The Kier molecular flexibility index (Phi) is 6.78. The van der Waals surface area contributed by atoms with Gasteiger partial charge in [0, 0.05) is 28.7 Å². The molecule has 1 N–H and O–H groups in total. The zero-order valence-corrected chi connectivity index (χ0v) is 18.6. The van der Waals surface area contributed by atoms with E-state index in [9.17, 15) is 29.8 Å². The van der Waals surface area contributed by atoms with Crippen molar-refractivity contribution in [3.8, 4) is 0 Å². The van der Waals surface area contributed by atoms with E-state index in [4.69, 9.17) is 0 Å². The molecule has 10 heteroatoms. The van der Waals surface area contributed by atoms with E-state index < -0.39 is 27.1 Å². The maximum absolute atomic E-state index is 13.4. The summed E-state index contributed by atoms with van der Waals surface area (Å²) in [7, 11) is 0. The summed E-state index contributed by atoms with van der Waals surface area (Å²) >= 11 is 0. The third kappa shape index (κ3) is 5.07. The second-order valence-corrected chi connectivity index (χ2v) is 7.56. The van der Waals surface area contributed by atoms with E-state index in [0.29, 0.717) is 16.9 Å². The third-order valence-electron chi connectivity index (χ3n) is 5.26. The van der Waals surface area contributed by atoms with Crippen LogP contribution < -0.4 is 10.2 Å². The molecule has 0 atom stereocenters. The lowest BCUT2D eigenvalue weighted by Gasteiger charge is -2.23. The van der Waals surface area contributed by atoms with Crippen molar-refractivity contribution in [3.63, 3.8) is 0 Å². The molecular weight excluding hydrogens is 464 g/mol. The molecule has 4 aromatic rings. The molecule has 36 heavy (non-hydrogen) atoms. The lowest BCUT2D eigenvalue weighted by atomic mass is 10.1. The van der Waals surface area contributed by atoms with E-state index in [0.717, 1.165) is 18.2 Å². The van der Waals surface area contributed by atoms with Gasteiger partial charge >= 0.3 is 0 Å². The van der Waals surface area contributed by atoms with Crippen LogP contribution in [0.3, 0.4) is 0 Å². The smallest absolute Gasteiger partial charge is 0.289 e. The van der Waals surface area contributed by atoms with E-state index >= 15 is 0 Å².